The van der Waals surface area contributed by atoms with E-state index in [1.807, 2.05) is 0 Å². The minimum absolute atomic E-state index is 0.0555. The van der Waals surface area contributed by atoms with E-state index in [1.54, 1.807) is 9.30 Å². The van der Waals surface area contributed by atoms with Crippen LogP contribution >= 0.6 is 23.6 Å². The Morgan fingerprint density at radius 2 is 1.96 bits per heavy atom. The lowest BCUT2D eigenvalue weighted by molar-refractivity contribution is 0.0696. The normalized spacial score (nSPS) is 14.5. The highest BCUT2D eigenvalue weighted by molar-refractivity contribution is 7.73. The number of amides is 1. The molecule has 1 aliphatic heterocycles. The molecule has 128 valence electrons. The molecule has 9 heteroatoms. The zero-order chi connectivity index (χ0) is 17.7. The Morgan fingerprint density at radius 3 is 2.64 bits per heavy atom. The summed E-state index contributed by atoms with van der Waals surface area (Å²) in [5, 5.41) is 9.54. The van der Waals surface area contributed by atoms with Gasteiger partial charge in [0.1, 0.15) is 10.5 Å². The minimum Gasteiger partial charge on any atom is -0.478 e. The topological polar surface area (TPSA) is 94.9 Å². The van der Waals surface area contributed by atoms with Gasteiger partial charge in [-0.15, -0.1) is 0 Å². The van der Waals surface area contributed by atoms with Crippen molar-refractivity contribution in [1.29, 1.82) is 0 Å². The first kappa shape index (κ1) is 16.0. The van der Waals surface area contributed by atoms with Gasteiger partial charge < -0.3 is 15.0 Å². The average Bonchev–Trinajstić information content (AvgIpc) is 3.22. The highest BCUT2D eigenvalue weighted by Crippen LogP contribution is 2.25. The molecule has 3 aromatic rings. The summed E-state index contributed by atoms with van der Waals surface area (Å²) in [6.07, 6.45) is 1.93. The van der Waals surface area contributed by atoms with Crippen LogP contribution in [0.4, 0.5) is 0 Å². The van der Waals surface area contributed by atoms with Gasteiger partial charge in [-0.25, -0.2) is 4.79 Å². The molecule has 0 spiro atoms. The molecular formula is C16H13N3O4S2. The third-order valence-electron chi connectivity index (χ3n) is 4.36. The van der Waals surface area contributed by atoms with Crippen LogP contribution in [0.1, 0.15) is 32.9 Å². The summed E-state index contributed by atoms with van der Waals surface area (Å²) in [6, 6.07) is 4.24. The molecule has 1 aromatic carbocycles. The maximum Gasteiger partial charge on any atom is 0.335 e. The number of carbonyl (C=O) groups is 2. The standard InChI is InChI=1S/C16H13N3O4S2/c20-13-9-4-3-8(15(22)23)7-10(9)19-12(17-13)11(25-16(19)24)14(21)18-5-1-2-6-18/h3-4,7H,1-2,5-6H2,(H,17,20)(H,22,23). The van der Waals surface area contributed by atoms with Crippen LogP contribution in [-0.2, 0) is 0 Å². The van der Waals surface area contributed by atoms with Crippen LogP contribution in [0.15, 0.2) is 23.0 Å². The number of nitrogens with one attached hydrogen (secondary N) is 1. The van der Waals surface area contributed by atoms with Gasteiger partial charge in [-0.3, -0.25) is 14.0 Å². The molecular weight excluding hydrogens is 362 g/mol. The van der Waals surface area contributed by atoms with E-state index in [1.165, 1.54) is 18.2 Å². The van der Waals surface area contributed by atoms with Crippen LogP contribution in [0, 0.1) is 3.95 Å². The zero-order valence-electron chi connectivity index (χ0n) is 12.9. The number of carboxylic acid groups (broad SMARTS) is 1. The number of carbonyl (C=O) groups excluding carboxylic acids is 1. The Hall–Kier alpha value is -2.52. The van der Waals surface area contributed by atoms with Gasteiger partial charge in [-0.2, -0.15) is 0 Å². The number of hydrogen-bond acceptors (Lipinski definition) is 5. The molecule has 0 bridgehead atoms. The van der Waals surface area contributed by atoms with Gasteiger partial charge in [0.15, 0.2) is 3.95 Å². The molecule has 2 aromatic heterocycles. The molecule has 0 radical (unpaired) electrons. The fourth-order valence-electron chi connectivity index (χ4n) is 3.13. The number of nitrogens with zero attached hydrogens (tertiary/aromatic N) is 2. The van der Waals surface area contributed by atoms with Gasteiger partial charge in [-0.1, -0.05) is 11.3 Å². The minimum atomic E-state index is -1.09. The number of benzene rings is 1. The van der Waals surface area contributed by atoms with Crippen LogP contribution in [0.25, 0.3) is 16.6 Å². The first-order valence-corrected chi connectivity index (χ1v) is 8.94. The Bertz CT molecular complexity index is 1150. The lowest BCUT2D eigenvalue weighted by Crippen LogP contribution is -2.27. The van der Waals surface area contributed by atoms with Crippen molar-refractivity contribution in [1.82, 2.24) is 14.3 Å². The predicted molar refractivity (Wildman–Crippen MR) is 96.3 cm³/mol. The molecule has 0 aliphatic carbocycles. The summed E-state index contributed by atoms with van der Waals surface area (Å²) < 4.78 is 1.97. The Balaban J connectivity index is 2.04. The smallest absolute Gasteiger partial charge is 0.335 e. The number of likely N-dealkylation sites (tertiary alicyclic amines) is 1. The lowest BCUT2D eigenvalue weighted by atomic mass is 10.1. The molecule has 1 aliphatic rings. The average molecular weight is 375 g/mol. The van der Waals surface area contributed by atoms with E-state index < -0.39 is 5.97 Å². The second-order valence-corrected chi connectivity index (χ2v) is 7.52. The van der Waals surface area contributed by atoms with Crippen LogP contribution in [-0.4, -0.2) is 44.4 Å². The van der Waals surface area contributed by atoms with Crippen molar-refractivity contribution in [2.75, 3.05) is 13.1 Å². The number of H-pyrrole nitrogens is 1. The van der Waals surface area contributed by atoms with Gasteiger partial charge >= 0.3 is 5.97 Å². The van der Waals surface area contributed by atoms with E-state index in [4.69, 9.17) is 12.2 Å². The number of aromatic nitrogens is 2. The first-order valence-electron chi connectivity index (χ1n) is 7.71. The molecule has 3 heterocycles. The molecule has 7 nitrogen and oxygen atoms in total. The van der Waals surface area contributed by atoms with Crippen LogP contribution in [0.2, 0.25) is 0 Å². The van der Waals surface area contributed by atoms with E-state index in [0.717, 1.165) is 24.2 Å². The van der Waals surface area contributed by atoms with Crippen LogP contribution in [0.5, 0.6) is 0 Å². The van der Waals surface area contributed by atoms with Crippen molar-refractivity contribution < 1.29 is 14.7 Å². The molecule has 0 saturated carbocycles. The summed E-state index contributed by atoms with van der Waals surface area (Å²) >= 11 is 6.52. The van der Waals surface area contributed by atoms with Crippen molar-refractivity contribution in [2.45, 2.75) is 12.8 Å². The van der Waals surface area contributed by atoms with Crippen molar-refractivity contribution in [3.05, 3.63) is 42.9 Å². The van der Waals surface area contributed by atoms with E-state index in [9.17, 15) is 19.5 Å². The highest BCUT2D eigenvalue weighted by Gasteiger charge is 2.25. The van der Waals surface area contributed by atoms with Crippen molar-refractivity contribution >= 4 is 52.0 Å². The summed E-state index contributed by atoms with van der Waals surface area (Å²) in [4.78, 5) is 41.3. The van der Waals surface area contributed by atoms with Gasteiger partial charge in [-0.05, 0) is 43.3 Å². The summed E-state index contributed by atoms with van der Waals surface area (Å²) in [6.45, 7) is 1.38. The molecule has 0 unspecified atom stereocenters. The number of hydrogen-bond donors (Lipinski definition) is 2. The van der Waals surface area contributed by atoms with E-state index >= 15 is 0 Å². The molecule has 0 atom stereocenters. The van der Waals surface area contributed by atoms with Gasteiger partial charge in [0.2, 0.25) is 0 Å². The second-order valence-electron chi connectivity index (χ2n) is 5.87. The summed E-state index contributed by atoms with van der Waals surface area (Å²) in [5.41, 5.74) is 0.391. The van der Waals surface area contributed by atoms with Crippen LogP contribution < -0.4 is 5.56 Å². The fraction of sp³-hybridized carbons (Fsp3) is 0.250. The van der Waals surface area contributed by atoms with Gasteiger partial charge in [0.25, 0.3) is 11.5 Å². The number of carboxylic acids is 1. The largest absolute Gasteiger partial charge is 0.478 e. The first-order chi connectivity index (χ1) is 12.0. The summed E-state index contributed by atoms with van der Waals surface area (Å²) in [7, 11) is 0. The van der Waals surface area contributed by atoms with Crippen molar-refractivity contribution in [3.63, 3.8) is 0 Å². The monoisotopic (exact) mass is 375 g/mol. The van der Waals surface area contributed by atoms with Crippen molar-refractivity contribution in [3.8, 4) is 0 Å². The number of aromatic amines is 1. The maximum atomic E-state index is 12.8. The molecule has 1 amide bonds. The fourth-order valence-corrected chi connectivity index (χ4v) is 4.48. The Kier molecular flexibility index (Phi) is 3.69. The Labute approximate surface area is 150 Å². The van der Waals surface area contributed by atoms with Crippen molar-refractivity contribution in [2.24, 2.45) is 0 Å². The third kappa shape index (κ3) is 2.47. The predicted octanol–water partition coefficient (Wildman–Crippen LogP) is 2.51. The zero-order valence-corrected chi connectivity index (χ0v) is 14.6. The number of rotatable bonds is 2. The van der Waals surface area contributed by atoms with E-state index in [2.05, 4.69) is 4.98 Å². The maximum absolute atomic E-state index is 12.8. The summed E-state index contributed by atoms with van der Waals surface area (Å²) in [5.74, 6) is -1.24. The molecule has 2 N–H and O–H groups in total. The van der Waals surface area contributed by atoms with Gasteiger partial charge in [0.05, 0.1) is 16.5 Å². The molecule has 1 saturated heterocycles. The number of fused-ring (bicyclic) bond motifs is 3. The molecule has 1 fully saturated rings. The SMILES string of the molecule is O=C(O)c1ccc2c(=O)[nH]c3c(C(=O)N4CCCC4)sc(=S)n3c2c1. The van der Waals surface area contributed by atoms with Gasteiger partial charge in [0, 0.05) is 13.1 Å². The van der Waals surface area contributed by atoms with E-state index in [0.29, 0.717) is 38.5 Å². The lowest BCUT2D eigenvalue weighted by Gasteiger charge is -2.13. The second kappa shape index (κ2) is 5.78. The molecule has 25 heavy (non-hydrogen) atoms. The number of aromatic carboxylic acids is 1. The third-order valence-corrected chi connectivity index (χ3v) is 5.72. The van der Waals surface area contributed by atoms with E-state index in [-0.39, 0.29) is 17.0 Å². The Morgan fingerprint density at radius 1 is 1.24 bits per heavy atom. The highest BCUT2D eigenvalue weighted by atomic mass is 32.1. The number of thiazole rings is 1. The van der Waals surface area contributed by atoms with Crippen LogP contribution in [0.3, 0.4) is 0 Å². The quantitative estimate of drug-likeness (QED) is 0.671. The molecule has 4 rings (SSSR count).